The first-order chi connectivity index (χ1) is 14.6. The highest BCUT2D eigenvalue weighted by Crippen LogP contribution is 2.29. The molecule has 0 spiro atoms. The maximum atomic E-state index is 13.2. The molecular formula is C27H31NO2. The van der Waals surface area contributed by atoms with Gasteiger partial charge >= 0.3 is 0 Å². The van der Waals surface area contributed by atoms with E-state index in [4.69, 9.17) is 4.74 Å². The van der Waals surface area contributed by atoms with E-state index in [1.165, 1.54) is 0 Å². The number of ether oxygens (including phenoxy) is 1. The maximum Gasteiger partial charge on any atom is 0.221 e. The summed E-state index contributed by atoms with van der Waals surface area (Å²) in [6.07, 6.45) is 1.30. The van der Waals surface area contributed by atoms with Crippen LogP contribution in [0.5, 0.6) is 5.75 Å². The minimum Gasteiger partial charge on any atom is -0.497 e. The summed E-state index contributed by atoms with van der Waals surface area (Å²) in [6, 6.07) is 28.5. The molecule has 0 aromatic heterocycles. The molecule has 3 aromatic carbocycles. The summed E-state index contributed by atoms with van der Waals surface area (Å²) in [5.41, 5.74) is 3.42. The molecule has 0 unspecified atom stereocenters. The van der Waals surface area contributed by atoms with Crippen molar-refractivity contribution in [1.82, 2.24) is 5.32 Å². The van der Waals surface area contributed by atoms with Crippen LogP contribution in [0, 0.1) is 5.92 Å². The van der Waals surface area contributed by atoms with E-state index >= 15 is 0 Å². The van der Waals surface area contributed by atoms with Crippen molar-refractivity contribution in [3.05, 3.63) is 102 Å². The Balaban J connectivity index is 1.79. The molecule has 0 heterocycles. The third-order valence-corrected chi connectivity index (χ3v) is 5.35. The lowest BCUT2D eigenvalue weighted by atomic mass is 9.88. The van der Waals surface area contributed by atoms with Crippen LogP contribution in [0.15, 0.2) is 84.9 Å². The minimum atomic E-state index is -0.0180. The summed E-state index contributed by atoms with van der Waals surface area (Å²) in [4.78, 5) is 13.2. The molecule has 1 atom stereocenters. The molecule has 0 aliphatic heterocycles. The second-order valence-corrected chi connectivity index (χ2v) is 8.10. The fraction of sp³-hybridized carbons (Fsp3) is 0.296. The molecule has 0 radical (unpaired) electrons. The van der Waals surface area contributed by atoms with Crippen LogP contribution in [0.2, 0.25) is 0 Å². The van der Waals surface area contributed by atoms with Gasteiger partial charge in [0, 0.05) is 12.3 Å². The minimum absolute atomic E-state index is 0.0180. The van der Waals surface area contributed by atoms with Crippen molar-refractivity contribution >= 4 is 5.91 Å². The van der Waals surface area contributed by atoms with Gasteiger partial charge in [-0.05, 0) is 41.2 Å². The number of amides is 1. The second-order valence-electron chi connectivity index (χ2n) is 8.10. The Bertz CT molecular complexity index is 865. The van der Waals surface area contributed by atoms with Crippen molar-refractivity contribution in [2.45, 2.75) is 38.6 Å². The van der Waals surface area contributed by atoms with E-state index in [1.807, 2.05) is 60.7 Å². The smallest absolute Gasteiger partial charge is 0.221 e. The summed E-state index contributed by atoms with van der Waals surface area (Å²) >= 11 is 0. The molecule has 3 nitrogen and oxygen atoms in total. The first-order valence-corrected chi connectivity index (χ1v) is 10.6. The molecule has 3 aromatic rings. The van der Waals surface area contributed by atoms with Crippen LogP contribution in [0.3, 0.4) is 0 Å². The number of carbonyl (C=O) groups is 1. The summed E-state index contributed by atoms with van der Waals surface area (Å²) in [5, 5.41) is 3.29. The van der Waals surface area contributed by atoms with Crippen LogP contribution in [-0.2, 0) is 4.79 Å². The van der Waals surface area contributed by atoms with Crippen molar-refractivity contribution in [3.8, 4) is 5.75 Å². The average Bonchev–Trinajstić information content (AvgIpc) is 2.78. The molecule has 0 aliphatic rings. The van der Waals surface area contributed by atoms with Gasteiger partial charge in [0.1, 0.15) is 5.75 Å². The van der Waals surface area contributed by atoms with Gasteiger partial charge in [-0.2, -0.15) is 0 Å². The van der Waals surface area contributed by atoms with Crippen molar-refractivity contribution in [3.63, 3.8) is 0 Å². The van der Waals surface area contributed by atoms with Gasteiger partial charge in [-0.1, -0.05) is 86.6 Å². The number of methoxy groups -OCH3 is 1. The van der Waals surface area contributed by atoms with Crippen molar-refractivity contribution in [2.75, 3.05) is 7.11 Å². The standard InChI is InChI=1S/C27H31NO2/c1-20(2)18-26(23-14-16-24(30-3)17-15-23)28-27(29)19-25(21-10-6-4-7-11-21)22-12-8-5-9-13-22/h4-17,20,25-26H,18-19H2,1-3H3,(H,28,29)/t26-/m1/s1. The fourth-order valence-electron chi connectivity index (χ4n) is 3.82. The lowest BCUT2D eigenvalue weighted by Gasteiger charge is -2.24. The van der Waals surface area contributed by atoms with Gasteiger partial charge in [0.15, 0.2) is 0 Å². The van der Waals surface area contributed by atoms with E-state index in [0.717, 1.165) is 28.9 Å². The lowest BCUT2D eigenvalue weighted by Crippen LogP contribution is -2.30. The Kier molecular flexibility index (Phi) is 7.67. The molecule has 0 bridgehead atoms. The predicted octanol–water partition coefficient (Wildman–Crippen LogP) is 6.12. The molecule has 1 amide bonds. The van der Waals surface area contributed by atoms with Gasteiger partial charge in [0.2, 0.25) is 5.91 Å². The van der Waals surface area contributed by atoms with Gasteiger partial charge in [0.25, 0.3) is 0 Å². The van der Waals surface area contributed by atoms with E-state index in [1.54, 1.807) is 7.11 Å². The zero-order valence-corrected chi connectivity index (χ0v) is 18.0. The number of carbonyl (C=O) groups excluding carboxylic acids is 1. The molecule has 3 heteroatoms. The van der Waals surface area contributed by atoms with E-state index in [0.29, 0.717) is 12.3 Å². The van der Waals surface area contributed by atoms with E-state index in [9.17, 15) is 4.79 Å². The van der Waals surface area contributed by atoms with E-state index < -0.39 is 0 Å². The number of rotatable bonds is 9. The molecule has 1 N–H and O–H groups in total. The van der Waals surface area contributed by atoms with Crippen LogP contribution in [0.25, 0.3) is 0 Å². The number of hydrogen-bond acceptors (Lipinski definition) is 2. The molecule has 3 rings (SSSR count). The topological polar surface area (TPSA) is 38.3 Å². The fourth-order valence-corrected chi connectivity index (χ4v) is 3.82. The first kappa shape index (κ1) is 21.6. The van der Waals surface area contributed by atoms with Gasteiger partial charge < -0.3 is 10.1 Å². The van der Waals surface area contributed by atoms with Crippen molar-refractivity contribution < 1.29 is 9.53 Å². The normalized spacial score (nSPS) is 12.0. The van der Waals surface area contributed by atoms with E-state index in [-0.39, 0.29) is 17.9 Å². The first-order valence-electron chi connectivity index (χ1n) is 10.6. The monoisotopic (exact) mass is 401 g/mol. The number of benzene rings is 3. The highest BCUT2D eigenvalue weighted by Gasteiger charge is 2.21. The summed E-state index contributed by atoms with van der Waals surface area (Å²) in [6.45, 7) is 4.36. The average molecular weight is 402 g/mol. The zero-order valence-electron chi connectivity index (χ0n) is 18.0. The van der Waals surface area contributed by atoms with Crippen LogP contribution in [0.4, 0.5) is 0 Å². The second kappa shape index (κ2) is 10.6. The molecule has 156 valence electrons. The van der Waals surface area contributed by atoms with Crippen molar-refractivity contribution in [2.24, 2.45) is 5.92 Å². The molecule has 30 heavy (non-hydrogen) atoms. The third kappa shape index (κ3) is 5.96. The number of hydrogen-bond donors (Lipinski definition) is 1. The Morgan fingerprint density at radius 3 is 1.80 bits per heavy atom. The molecule has 0 fully saturated rings. The summed E-state index contributed by atoms with van der Waals surface area (Å²) in [7, 11) is 1.66. The molecular weight excluding hydrogens is 370 g/mol. The van der Waals surface area contributed by atoms with Crippen LogP contribution in [0.1, 0.15) is 55.3 Å². The quantitative estimate of drug-likeness (QED) is 0.469. The SMILES string of the molecule is COc1ccc([C@@H](CC(C)C)NC(=O)CC(c2ccccc2)c2ccccc2)cc1. The molecule has 0 aliphatic carbocycles. The lowest BCUT2D eigenvalue weighted by molar-refractivity contribution is -0.122. The number of nitrogens with one attached hydrogen (secondary N) is 1. The van der Waals surface area contributed by atoms with Gasteiger partial charge in [0.05, 0.1) is 13.2 Å². The van der Waals surface area contributed by atoms with Crippen LogP contribution in [-0.4, -0.2) is 13.0 Å². The summed E-state index contributed by atoms with van der Waals surface area (Å²) in [5.74, 6) is 1.38. The van der Waals surface area contributed by atoms with Gasteiger partial charge in [-0.25, -0.2) is 0 Å². The largest absolute Gasteiger partial charge is 0.497 e. The Hall–Kier alpha value is -3.07. The third-order valence-electron chi connectivity index (χ3n) is 5.35. The predicted molar refractivity (Wildman–Crippen MR) is 123 cm³/mol. The summed E-state index contributed by atoms with van der Waals surface area (Å²) < 4.78 is 5.27. The van der Waals surface area contributed by atoms with E-state index in [2.05, 4.69) is 43.4 Å². The van der Waals surface area contributed by atoms with Crippen molar-refractivity contribution in [1.29, 1.82) is 0 Å². The highest BCUT2D eigenvalue weighted by molar-refractivity contribution is 5.78. The van der Waals surface area contributed by atoms with Crippen LogP contribution >= 0.6 is 0 Å². The Morgan fingerprint density at radius 1 is 0.800 bits per heavy atom. The van der Waals surface area contributed by atoms with Gasteiger partial charge in [-0.15, -0.1) is 0 Å². The zero-order chi connectivity index (χ0) is 21.3. The highest BCUT2D eigenvalue weighted by atomic mass is 16.5. The maximum absolute atomic E-state index is 13.2. The Labute approximate surface area is 180 Å². The Morgan fingerprint density at radius 2 is 1.33 bits per heavy atom. The van der Waals surface area contributed by atoms with Crippen LogP contribution < -0.4 is 10.1 Å². The van der Waals surface area contributed by atoms with Gasteiger partial charge in [-0.3, -0.25) is 4.79 Å². The molecule has 0 saturated heterocycles. The molecule has 0 saturated carbocycles.